The van der Waals surface area contributed by atoms with Crippen molar-refractivity contribution in [2.45, 2.75) is 26.5 Å². The van der Waals surface area contributed by atoms with Gasteiger partial charge in [-0.25, -0.2) is 0 Å². The minimum absolute atomic E-state index is 0.00204. The molecule has 24 heavy (non-hydrogen) atoms. The van der Waals surface area contributed by atoms with Gasteiger partial charge in [0.2, 0.25) is 5.91 Å². The number of rotatable bonds is 4. The fraction of sp³-hybridized carbons (Fsp3) is 0.263. The van der Waals surface area contributed by atoms with E-state index in [-0.39, 0.29) is 24.5 Å². The van der Waals surface area contributed by atoms with Crippen molar-refractivity contribution in [3.63, 3.8) is 0 Å². The fourth-order valence-corrected chi connectivity index (χ4v) is 2.68. The molecule has 2 aromatic carbocycles. The van der Waals surface area contributed by atoms with Crippen molar-refractivity contribution in [1.82, 2.24) is 5.32 Å². The molecular weight excluding hydrogens is 304 g/mol. The Bertz CT molecular complexity index is 753. The van der Waals surface area contributed by atoms with Crippen LogP contribution in [0.2, 0.25) is 0 Å². The van der Waals surface area contributed by atoms with Crippen LogP contribution in [0.15, 0.2) is 48.5 Å². The molecule has 1 N–H and O–H groups in total. The van der Waals surface area contributed by atoms with E-state index in [1.807, 2.05) is 44.2 Å². The van der Waals surface area contributed by atoms with Gasteiger partial charge in [-0.3, -0.25) is 9.59 Å². The summed E-state index contributed by atoms with van der Waals surface area (Å²) >= 11 is 0. The number of carbonyl (C=O) groups is 2. The number of hydrogen-bond donors (Lipinski definition) is 1. The van der Waals surface area contributed by atoms with E-state index in [1.54, 1.807) is 23.1 Å². The number of benzene rings is 2. The van der Waals surface area contributed by atoms with Gasteiger partial charge < -0.3 is 15.0 Å². The summed E-state index contributed by atoms with van der Waals surface area (Å²) in [6.07, 6.45) is 0.118. The lowest BCUT2D eigenvalue weighted by Gasteiger charge is -2.22. The molecule has 5 nitrogen and oxygen atoms in total. The van der Waals surface area contributed by atoms with E-state index in [9.17, 15) is 9.59 Å². The smallest absolute Gasteiger partial charge is 0.253 e. The number of nitrogens with one attached hydrogen (secondary N) is 1. The van der Waals surface area contributed by atoms with E-state index in [4.69, 9.17) is 4.74 Å². The maximum absolute atomic E-state index is 12.4. The first-order valence-corrected chi connectivity index (χ1v) is 7.98. The number of carbonyl (C=O) groups excluding carboxylic acids is 2. The highest BCUT2D eigenvalue weighted by Crippen LogP contribution is 2.25. The van der Waals surface area contributed by atoms with Gasteiger partial charge in [0.05, 0.1) is 30.4 Å². The summed E-state index contributed by atoms with van der Waals surface area (Å²) in [5.74, 6) is 0.450. The van der Waals surface area contributed by atoms with E-state index >= 15 is 0 Å². The number of para-hydroxylation sites is 1. The van der Waals surface area contributed by atoms with Crippen LogP contribution in [0.3, 0.4) is 0 Å². The number of nitrogens with zero attached hydrogens (tertiary/aromatic N) is 1. The molecule has 1 aliphatic rings. The maximum Gasteiger partial charge on any atom is 0.253 e. The average molecular weight is 324 g/mol. The molecule has 5 heteroatoms. The number of hydrogen-bond acceptors (Lipinski definition) is 3. The highest BCUT2D eigenvalue weighted by atomic mass is 16.5. The Morgan fingerprint density at radius 2 is 1.79 bits per heavy atom. The van der Waals surface area contributed by atoms with Crippen LogP contribution in [0.5, 0.6) is 5.75 Å². The Kier molecular flexibility index (Phi) is 4.51. The predicted octanol–water partition coefficient (Wildman–Crippen LogP) is 2.75. The quantitative estimate of drug-likeness (QED) is 0.941. The van der Waals surface area contributed by atoms with Crippen LogP contribution < -0.4 is 15.0 Å². The fourth-order valence-electron chi connectivity index (χ4n) is 2.68. The SMILES string of the molecule is CC(C)Oc1ccc(CN2C(=O)CNC(=O)c3ccccc32)cc1. The van der Waals surface area contributed by atoms with E-state index in [2.05, 4.69) is 5.32 Å². The molecule has 0 saturated carbocycles. The van der Waals surface area contributed by atoms with E-state index in [1.165, 1.54) is 0 Å². The predicted molar refractivity (Wildman–Crippen MR) is 92.2 cm³/mol. The molecule has 0 unspecified atom stereocenters. The molecule has 2 amide bonds. The first-order chi connectivity index (χ1) is 11.5. The lowest BCUT2D eigenvalue weighted by Crippen LogP contribution is -2.36. The van der Waals surface area contributed by atoms with Gasteiger partial charge in [0.1, 0.15) is 5.75 Å². The van der Waals surface area contributed by atoms with Gasteiger partial charge in [0.15, 0.2) is 0 Å². The lowest BCUT2D eigenvalue weighted by atomic mass is 10.1. The Labute approximate surface area is 141 Å². The Balaban J connectivity index is 1.86. The third kappa shape index (κ3) is 3.40. The molecule has 0 spiro atoms. The normalized spacial score (nSPS) is 14.2. The molecule has 1 heterocycles. The van der Waals surface area contributed by atoms with Crippen molar-refractivity contribution in [3.05, 3.63) is 59.7 Å². The average Bonchev–Trinajstić information content (AvgIpc) is 2.68. The number of anilines is 1. The van der Waals surface area contributed by atoms with Crippen LogP contribution in [-0.4, -0.2) is 24.5 Å². The zero-order valence-corrected chi connectivity index (χ0v) is 13.8. The number of ether oxygens (including phenoxy) is 1. The summed E-state index contributed by atoms with van der Waals surface area (Å²) in [6, 6.07) is 14.8. The van der Waals surface area contributed by atoms with Crippen LogP contribution in [-0.2, 0) is 11.3 Å². The van der Waals surface area contributed by atoms with Gasteiger partial charge in [-0.15, -0.1) is 0 Å². The molecule has 1 aliphatic heterocycles. The highest BCUT2D eigenvalue weighted by Gasteiger charge is 2.25. The number of amides is 2. The van der Waals surface area contributed by atoms with Gasteiger partial charge >= 0.3 is 0 Å². The highest BCUT2D eigenvalue weighted by molar-refractivity contribution is 6.09. The van der Waals surface area contributed by atoms with Gasteiger partial charge in [0.25, 0.3) is 5.91 Å². The van der Waals surface area contributed by atoms with Crippen molar-refractivity contribution in [2.24, 2.45) is 0 Å². The second-order valence-electron chi connectivity index (χ2n) is 5.99. The minimum atomic E-state index is -0.220. The summed E-state index contributed by atoms with van der Waals surface area (Å²) in [7, 11) is 0. The van der Waals surface area contributed by atoms with E-state index in [0.717, 1.165) is 11.3 Å². The van der Waals surface area contributed by atoms with Crippen LogP contribution in [0.25, 0.3) is 0 Å². The summed E-state index contributed by atoms with van der Waals surface area (Å²) < 4.78 is 5.64. The molecule has 0 aliphatic carbocycles. The largest absolute Gasteiger partial charge is 0.491 e. The molecule has 3 rings (SSSR count). The maximum atomic E-state index is 12.4. The lowest BCUT2D eigenvalue weighted by molar-refractivity contribution is -0.117. The monoisotopic (exact) mass is 324 g/mol. The Hall–Kier alpha value is -2.82. The van der Waals surface area contributed by atoms with Gasteiger partial charge in [-0.2, -0.15) is 0 Å². The van der Waals surface area contributed by atoms with Crippen molar-refractivity contribution in [3.8, 4) is 5.75 Å². The molecule has 0 fully saturated rings. The third-order valence-electron chi connectivity index (χ3n) is 3.78. The molecule has 2 aromatic rings. The minimum Gasteiger partial charge on any atom is -0.491 e. The van der Waals surface area contributed by atoms with Gasteiger partial charge in [-0.05, 0) is 43.7 Å². The second kappa shape index (κ2) is 6.74. The molecule has 124 valence electrons. The Morgan fingerprint density at radius 3 is 2.50 bits per heavy atom. The number of fused-ring (bicyclic) bond motifs is 1. The standard InChI is InChI=1S/C19H20N2O3/c1-13(2)24-15-9-7-14(8-10-15)12-21-17-6-4-3-5-16(17)19(23)20-11-18(21)22/h3-10,13H,11-12H2,1-2H3,(H,20,23). The molecule has 0 aromatic heterocycles. The van der Waals surface area contributed by atoms with E-state index in [0.29, 0.717) is 17.8 Å². The second-order valence-corrected chi connectivity index (χ2v) is 5.99. The Morgan fingerprint density at radius 1 is 1.08 bits per heavy atom. The molecule has 0 atom stereocenters. The molecule has 0 bridgehead atoms. The third-order valence-corrected chi connectivity index (χ3v) is 3.78. The summed E-state index contributed by atoms with van der Waals surface area (Å²) in [5.41, 5.74) is 2.13. The van der Waals surface area contributed by atoms with E-state index < -0.39 is 0 Å². The van der Waals surface area contributed by atoms with Crippen LogP contribution in [0.1, 0.15) is 29.8 Å². The summed E-state index contributed by atoms with van der Waals surface area (Å²) in [5, 5.41) is 2.65. The zero-order valence-electron chi connectivity index (χ0n) is 13.8. The van der Waals surface area contributed by atoms with Crippen LogP contribution in [0.4, 0.5) is 5.69 Å². The first kappa shape index (κ1) is 16.1. The molecule has 0 saturated heterocycles. The molecule has 0 radical (unpaired) electrons. The summed E-state index contributed by atoms with van der Waals surface area (Å²) in [4.78, 5) is 26.2. The summed E-state index contributed by atoms with van der Waals surface area (Å²) in [6.45, 7) is 4.37. The van der Waals surface area contributed by atoms with Crippen molar-refractivity contribution in [1.29, 1.82) is 0 Å². The van der Waals surface area contributed by atoms with Crippen LogP contribution >= 0.6 is 0 Å². The van der Waals surface area contributed by atoms with Crippen LogP contribution in [0, 0.1) is 0 Å². The molecular formula is C19H20N2O3. The topological polar surface area (TPSA) is 58.6 Å². The van der Waals surface area contributed by atoms with Crippen molar-refractivity contribution < 1.29 is 14.3 Å². The van der Waals surface area contributed by atoms with Crippen molar-refractivity contribution >= 4 is 17.5 Å². The zero-order chi connectivity index (χ0) is 17.1. The van der Waals surface area contributed by atoms with Crippen molar-refractivity contribution in [2.75, 3.05) is 11.4 Å². The van der Waals surface area contributed by atoms with Gasteiger partial charge in [-0.1, -0.05) is 24.3 Å². The van der Waals surface area contributed by atoms with Gasteiger partial charge in [0, 0.05) is 0 Å². The first-order valence-electron chi connectivity index (χ1n) is 7.98.